The first-order valence-electron chi connectivity index (χ1n) is 9.38. The number of carbonyl (C=O) groups excluding carboxylic acids is 1. The third-order valence-corrected chi connectivity index (χ3v) is 4.27. The maximum atomic E-state index is 12.0. The number of amides is 1. The summed E-state index contributed by atoms with van der Waals surface area (Å²) >= 11 is 0. The lowest BCUT2D eigenvalue weighted by molar-refractivity contribution is 0.0220. The van der Waals surface area contributed by atoms with E-state index in [9.17, 15) is 4.79 Å². The quantitative estimate of drug-likeness (QED) is 0.361. The van der Waals surface area contributed by atoms with E-state index < -0.39 is 0 Å². The fourth-order valence-corrected chi connectivity index (χ4v) is 2.75. The number of rotatable bonds is 8. The predicted octanol–water partition coefficient (Wildman–Crippen LogP) is 0.692. The van der Waals surface area contributed by atoms with Crippen molar-refractivity contribution < 1.29 is 9.53 Å². The number of aliphatic imine (C=N–C) groups is 1. The second-order valence-corrected chi connectivity index (χ2v) is 6.27. The van der Waals surface area contributed by atoms with Gasteiger partial charge < -0.3 is 20.7 Å². The molecule has 1 saturated heterocycles. The Bertz CT molecular complexity index is 558. The Hall–Kier alpha value is -2.12. The summed E-state index contributed by atoms with van der Waals surface area (Å²) in [6, 6.07) is 9.61. The Morgan fingerprint density at radius 1 is 1.15 bits per heavy atom. The fraction of sp³-hybridized carbons (Fsp3) is 0.579. The summed E-state index contributed by atoms with van der Waals surface area (Å²) in [7, 11) is 0. The molecule has 7 nitrogen and oxygen atoms in total. The van der Waals surface area contributed by atoms with Gasteiger partial charge in [-0.2, -0.15) is 0 Å². The molecule has 7 heteroatoms. The summed E-state index contributed by atoms with van der Waals surface area (Å²) < 4.78 is 5.39. The highest BCUT2D eigenvalue weighted by Gasteiger charge is 2.16. The van der Waals surface area contributed by atoms with Gasteiger partial charge in [0.1, 0.15) is 0 Å². The first-order valence-corrected chi connectivity index (χ1v) is 9.38. The van der Waals surface area contributed by atoms with Crippen LogP contribution in [0, 0.1) is 0 Å². The van der Waals surface area contributed by atoms with E-state index in [0.29, 0.717) is 24.7 Å². The summed E-state index contributed by atoms with van der Waals surface area (Å²) in [5.41, 5.74) is 0.674. The topological polar surface area (TPSA) is 78.0 Å². The van der Waals surface area contributed by atoms with Gasteiger partial charge in [-0.1, -0.05) is 18.2 Å². The summed E-state index contributed by atoms with van der Waals surface area (Å²) in [6.07, 6.45) is 0. The van der Waals surface area contributed by atoms with Crippen molar-refractivity contribution in [2.24, 2.45) is 4.99 Å². The first kappa shape index (κ1) is 20.2. The van der Waals surface area contributed by atoms with Crippen molar-refractivity contribution in [1.29, 1.82) is 0 Å². The van der Waals surface area contributed by atoms with Gasteiger partial charge in [-0.15, -0.1) is 0 Å². The average molecular weight is 361 g/mol. The number of hydrogen-bond donors (Lipinski definition) is 3. The molecule has 1 amide bonds. The van der Waals surface area contributed by atoms with Gasteiger partial charge in [-0.25, -0.2) is 0 Å². The van der Waals surface area contributed by atoms with Crippen LogP contribution in [0.25, 0.3) is 0 Å². The molecule has 0 aliphatic carbocycles. The highest BCUT2D eigenvalue weighted by molar-refractivity contribution is 5.94. The Morgan fingerprint density at radius 3 is 2.54 bits per heavy atom. The van der Waals surface area contributed by atoms with Crippen molar-refractivity contribution in [3.05, 3.63) is 35.9 Å². The first-order chi connectivity index (χ1) is 12.7. The van der Waals surface area contributed by atoms with Gasteiger partial charge in [0.25, 0.3) is 5.91 Å². The molecule has 26 heavy (non-hydrogen) atoms. The molecule has 1 unspecified atom stereocenters. The van der Waals surface area contributed by atoms with Crippen LogP contribution in [0.5, 0.6) is 0 Å². The zero-order valence-corrected chi connectivity index (χ0v) is 15.8. The van der Waals surface area contributed by atoms with E-state index in [1.807, 2.05) is 25.1 Å². The Labute approximate surface area is 156 Å². The molecular weight excluding hydrogens is 330 g/mol. The van der Waals surface area contributed by atoms with Gasteiger partial charge in [-0.3, -0.25) is 14.7 Å². The highest BCUT2D eigenvalue weighted by atomic mass is 16.5. The molecule has 1 atom stereocenters. The SMILES string of the molecule is CCNC(=NCC(C)N1CCOCC1)NCCNC(=O)c1ccccc1. The van der Waals surface area contributed by atoms with Crippen LogP contribution in [-0.4, -0.2) is 75.3 Å². The molecule has 144 valence electrons. The largest absolute Gasteiger partial charge is 0.379 e. The minimum atomic E-state index is -0.0599. The molecule has 0 bridgehead atoms. The number of morpholine rings is 1. The molecule has 1 aromatic carbocycles. The van der Waals surface area contributed by atoms with Crippen LogP contribution in [0.4, 0.5) is 0 Å². The van der Waals surface area contributed by atoms with Crippen molar-refractivity contribution >= 4 is 11.9 Å². The van der Waals surface area contributed by atoms with Crippen LogP contribution in [0.2, 0.25) is 0 Å². The molecule has 1 fully saturated rings. The Balaban J connectivity index is 1.72. The zero-order chi connectivity index (χ0) is 18.6. The van der Waals surface area contributed by atoms with Crippen LogP contribution >= 0.6 is 0 Å². The van der Waals surface area contributed by atoms with Crippen molar-refractivity contribution in [1.82, 2.24) is 20.9 Å². The van der Waals surface area contributed by atoms with E-state index >= 15 is 0 Å². The summed E-state index contributed by atoms with van der Waals surface area (Å²) in [5, 5.41) is 9.42. The average Bonchev–Trinajstić information content (AvgIpc) is 2.70. The van der Waals surface area contributed by atoms with E-state index in [1.54, 1.807) is 12.1 Å². The smallest absolute Gasteiger partial charge is 0.251 e. The Morgan fingerprint density at radius 2 is 1.85 bits per heavy atom. The Kier molecular flexibility index (Phi) is 8.92. The van der Waals surface area contributed by atoms with Crippen LogP contribution in [0.1, 0.15) is 24.2 Å². The third kappa shape index (κ3) is 7.01. The summed E-state index contributed by atoms with van der Waals surface area (Å²) in [5.74, 6) is 0.719. The number of benzene rings is 1. The minimum Gasteiger partial charge on any atom is -0.379 e. The summed E-state index contributed by atoms with van der Waals surface area (Å²) in [6.45, 7) is 10.4. The fourth-order valence-electron chi connectivity index (χ4n) is 2.75. The van der Waals surface area contributed by atoms with Crippen LogP contribution in [0.15, 0.2) is 35.3 Å². The van der Waals surface area contributed by atoms with Crippen LogP contribution in [-0.2, 0) is 4.74 Å². The number of hydrogen-bond acceptors (Lipinski definition) is 4. The number of ether oxygens (including phenoxy) is 1. The van der Waals surface area contributed by atoms with E-state index in [0.717, 1.165) is 45.4 Å². The van der Waals surface area contributed by atoms with Gasteiger partial charge in [0.2, 0.25) is 0 Å². The van der Waals surface area contributed by atoms with Crippen molar-refractivity contribution in [2.75, 3.05) is 52.5 Å². The molecular formula is C19H31N5O2. The normalized spacial score (nSPS) is 16.8. The molecule has 3 N–H and O–H groups in total. The standard InChI is InChI=1S/C19H31N5O2/c1-3-20-19(23-15-16(2)24-11-13-26-14-12-24)22-10-9-21-18(25)17-7-5-4-6-8-17/h4-8,16H,3,9-15H2,1-2H3,(H,21,25)(H2,20,22,23). The van der Waals surface area contributed by atoms with E-state index in [1.165, 1.54) is 0 Å². The molecule has 1 aromatic rings. The molecule has 1 aliphatic rings. The lowest BCUT2D eigenvalue weighted by Crippen LogP contribution is -2.45. The van der Waals surface area contributed by atoms with Crippen LogP contribution < -0.4 is 16.0 Å². The number of nitrogens with zero attached hydrogens (tertiary/aromatic N) is 2. The van der Waals surface area contributed by atoms with E-state index in [2.05, 4.69) is 32.8 Å². The van der Waals surface area contributed by atoms with Crippen LogP contribution in [0.3, 0.4) is 0 Å². The molecule has 1 aliphatic heterocycles. The van der Waals surface area contributed by atoms with Gasteiger partial charge in [0.15, 0.2) is 5.96 Å². The van der Waals surface area contributed by atoms with Gasteiger partial charge in [0, 0.05) is 44.3 Å². The molecule has 1 heterocycles. The lowest BCUT2D eigenvalue weighted by atomic mass is 10.2. The molecule has 0 radical (unpaired) electrons. The molecule has 0 saturated carbocycles. The number of nitrogens with one attached hydrogen (secondary N) is 3. The van der Waals surface area contributed by atoms with E-state index in [4.69, 9.17) is 4.74 Å². The van der Waals surface area contributed by atoms with Gasteiger partial charge in [0.05, 0.1) is 19.8 Å². The monoisotopic (exact) mass is 361 g/mol. The number of carbonyl (C=O) groups is 1. The predicted molar refractivity (Wildman–Crippen MR) is 105 cm³/mol. The lowest BCUT2D eigenvalue weighted by Gasteiger charge is -2.31. The highest BCUT2D eigenvalue weighted by Crippen LogP contribution is 2.03. The maximum Gasteiger partial charge on any atom is 0.251 e. The second kappa shape index (κ2) is 11.5. The minimum absolute atomic E-state index is 0.0599. The zero-order valence-electron chi connectivity index (χ0n) is 15.8. The second-order valence-electron chi connectivity index (χ2n) is 6.27. The van der Waals surface area contributed by atoms with Crippen molar-refractivity contribution in [3.8, 4) is 0 Å². The maximum absolute atomic E-state index is 12.0. The number of guanidine groups is 1. The van der Waals surface area contributed by atoms with E-state index in [-0.39, 0.29) is 5.91 Å². The van der Waals surface area contributed by atoms with Crippen molar-refractivity contribution in [3.63, 3.8) is 0 Å². The molecule has 0 aromatic heterocycles. The van der Waals surface area contributed by atoms with Gasteiger partial charge in [-0.05, 0) is 26.0 Å². The molecule has 0 spiro atoms. The summed E-state index contributed by atoms with van der Waals surface area (Å²) in [4.78, 5) is 19.1. The van der Waals surface area contributed by atoms with Gasteiger partial charge >= 0.3 is 0 Å². The third-order valence-electron chi connectivity index (χ3n) is 4.27. The van der Waals surface area contributed by atoms with Crippen molar-refractivity contribution in [2.45, 2.75) is 19.9 Å². The molecule has 2 rings (SSSR count).